The summed E-state index contributed by atoms with van der Waals surface area (Å²) in [5.74, 6) is -1.12. The number of aryl methyl sites for hydroxylation is 1. The van der Waals surface area contributed by atoms with Crippen molar-refractivity contribution in [1.82, 2.24) is 4.90 Å². The Morgan fingerprint density at radius 3 is 2.37 bits per heavy atom. The van der Waals surface area contributed by atoms with Crippen LogP contribution in [0.3, 0.4) is 0 Å². The summed E-state index contributed by atoms with van der Waals surface area (Å²) in [4.78, 5) is 37.3. The Morgan fingerprint density at radius 2 is 1.84 bits per heavy atom. The molecule has 2 N–H and O–H groups in total. The molecular formula is C13H15N3O3. The van der Waals surface area contributed by atoms with Gasteiger partial charge in [0.1, 0.15) is 12.6 Å². The summed E-state index contributed by atoms with van der Waals surface area (Å²) in [6.45, 7) is 3.18. The predicted molar refractivity (Wildman–Crippen MR) is 69.4 cm³/mol. The van der Waals surface area contributed by atoms with E-state index in [0.29, 0.717) is 5.69 Å². The number of amides is 4. The SMILES string of the molecule is Cc1ccc(N2C(=O)N(CC(N)=O)C(=O)C2C)cc1. The van der Waals surface area contributed by atoms with E-state index < -0.39 is 23.9 Å². The van der Waals surface area contributed by atoms with Crippen LogP contribution in [0.5, 0.6) is 0 Å². The second kappa shape index (κ2) is 4.72. The molecule has 1 saturated heterocycles. The predicted octanol–water partition coefficient (Wildman–Crippen LogP) is 0.637. The van der Waals surface area contributed by atoms with E-state index in [4.69, 9.17) is 5.73 Å². The molecule has 0 radical (unpaired) electrons. The van der Waals surface area contributed by atoms with Crippen molar-refractivity contribution in [2.75, 3.05) is 11.4 Å². The molecular weight excluding hydrogens is 246 g/mol. The van der Waals surface area contributed by atoms with Gasteiger partial charge in [0.05, 0.1) is 0 Å². The molecule has 1 atom stereocenters. The van der Waals surface area contributed by atoms with Gasteiger partial charge >= 0.3 is 6.03 Å². The van der Waals surface area contributed by atoms with Crippen molar-refractivity contribution in [3.63, 3.8) is 0 Å². The average molecular weight is 261 g/mol. The third-order valence-corrected chi connectivity index (χ3v) is 3.07. The van der Waals surface area contributed by atoms with Gasteiger partial charge in [-0.3, -0.25) is 19.4 Å². The molecule has 1 aliphatic heterocycles. The van der Waals surface area contributed by atoms with Gasteiger partial charge in [0.25, 0.3) is 5.91 Å². The van der Waals surface area contributed by atoms with Gasteiger partial charge in [0.15, 0.2) is 0 Å². The van der Waals surface area contributed by atoms with Gasteiger partial charge in [0, 0.05) is 5.69 Å². The lowest BCUT2D eigenvalue weighted by Gasteiger charge is -2.19. The van der Waals surface area contributed by atoms with E-state index in [1.54, 1.807) is 19.1 Å². The molecule has 1 unspecified atom stereocenters. The number of rotatable bonds is 3. The molecule has 0 spiro atoms. The maximum atomic E-state index is 12.2. The third-order valence-electron chi connectivity index (χ3n) is 3.07. The maximum absolute atomic E-state index is 12.2. The monoisotopic (exact) mass is 261 g/mol. The zero-order valence-electron chi connectivity index (χ0n) is 10.8. The van der Waals surface area contributed by atoms with E-state index >= 15 is 0 Å². The van der Waals surface area contributed by atoms with Crippen LogP contribution >= 0.6 is 0 Å². The standard InChI is InChI=1S/C13H15N3O3/c1-8-3-5-10(6-4-8)16-9(2)12(18)15(13(16)19)7-11(14)17/h3-6,9H,7H2,1-2H3,(H2,14,17). The Balaban J connectivity index is 2.32. The number of nitrogens with zero attached hydrogens (tertiary/aromatic N) is 2. The van der Waals surface area contributed by atoms with Crippen molar-refractivity contribution in [1.29, 1.82) is 0 Å². The fourth-order valence-electron chi connectivity index (χ4n) is 2.07. The molecule has 1 heterocycles. The zero-order chi connectivity index (χ0) is 14.2. The summed E-state index contributed by atoms with van der Waals surface area (Å²) in [7, 11) is 0. The average Bonchev–Trinajstić information content (AvgIpc) is 2.55. The van der Waals surface area contributed by atoms with E-state index in [2.05, 4.69) is 0 Å². The van der Waals surface area contributed by atoms with Crippen molar-refractivity contribution in [2.45, 2.75) is 19.9 Å². The molecule has 100 valence electrons. The largest absolute Gasteiger partial charge is 0.368 e. The molecule has 6 heteroatoms. The highest BCUT2D eigenvalue weighted by Crippen LogP contribution is 2.25. The highest BCUT2D eigenvalue weighted by atomic mass is 16.2. The summed E-state index contributed by atoms with van der Waals surface area (Å²) in [6, 6.07) is 6.11. The highest BCUT2D eigenvalue weighted by molar-refractivity contribution is 6.15. The normalized spacial score (nSPS) is 19.2. The van der Waals surface area contributed by atoms with E-state index in [1.165, 1.54) is 4.90 Å². The Labute approximate surface area is 110 Å². The Bertz CT molecular complexity index is 539. The van der Waals surface area contributed by atoms with Gasteiger partial charge in [-0.2, -0.15) is 0 Å². The summed E-state index contributed by atoms with van der Waals surface area (Å²) in [5.41, 5.74) is 6.73. The fraction of sp³-hybridized carbons (Fsp3) is 0.308. The highest BCUT2D eigenvalue weighted by Gasteiger charge is 2.43. The number of primary amides is 1. The van der Waals surface area contributed by atoms with Crippen molar-refractivity contribution >= 4 is 23.5 Å². The number of carbonyl (C=O) groups is 3. The molecule has 6 nitrogen and oxygen atoms in total. The summed E-state index contributed by atoms with van der Waals surface area (Å²) in [6.07, 6.45) is 0. The minimum absolute atomic E-state index is 0.385. The number of hydrogen-bond acceptors (Lipinski definition) is 3. The molecule has 1 aromatic carbocycles. The first kappa shape index (κ1) is 13.1. The molecule has 1 fully saturated rings. The second-order valence-electron chi connectivity index (χ2n) is 4.55. The Hall–Kier alpha value is -2.37. The zero-order valence-corrected chi connectivity index (χ0v) is 10.8. The van der Waals surface area contributed by atoms with Crippen molar-refractivity contribution < 1.29 is 14.4 Å². The smallest absolute Gasteiger partial charge is 0.332 e. The second-order valence-corrected chi connectivity index (χ2v) is 4.55. The summed E-state index contributed by atoms with van der Waals surface area (Å²) >= 11 is 0. The minimum Gasteiger partial charge on any atom is -0.368 e. The van der Waals surface area contributed by atoms with Gasteiger partial charge in [0.2, 0.25) is 5.91 Å². The molecule has 19 heavy (non-hydrogen) atoms. The maximum Gasteiger partial charge on any atom is 0.332 e. The van der Waals surface area contributed by atoms with Crippen LogP contribution in [-0.2, 0) is 9.59 Å². The van der Waals surface area contributed by atoms with Crippen molar-refractivity contribution in [3.8, 4) is 0 Å². The molecule has 4 amide bonds. The van der Waals surface area contributed by atoms with Gasteiger partial charge < -0.3 is 5.73 Å². The fourth-order valence-corrected chi connectivity index (χ4v) is 2.07. The summed E-state index contributed by atoms with van der Waals surface area (Å²) < 4.78 is 0. The number of benzene rings is 1. The lowest BCUT2D eigenvalue weighted by Crippen LogP contribution is -2.39. The van der Waals surface area contributed by atoms with Crippen LogP contribution in [0.4, 0.5) is 10.5 Å². The third kappa shape index (κ3) is 2.29. The lowest BCUT2D eigenvalue weighted by atomic mass is 10.2. The Kier molecular flexibility index (Phi) is 3.25. The lowest BCUT2D eigenvalue weighted by molar-refractivity contribution is -0.130. The van der Waals surface area contributed by atoms with Crippen LogP contribution in [0.2, 0.25) is 0 Å². The number of anilines is 1. The summed E-state index contributed by atoms with van der Waals surface area (Å²) in [5, 5.41) is 0. The van der Waals surface area contributed by atoms with Crippen LogP contribution in [0, 0.1) is 6.92 Å². The van der Waals surface area contributed by atoms with Gasteiger partial charge in [-0.05, 0) is 26.0 Å². The Morgan fingerprint density at radius 1 is 1.26 bits per heavy atom. The van der Waals surface area contributed by atoms with Crippen molar-refractivity contribution in [2.24, 2.45) is 5.73 Å². The molecule has 0 aromatic heterocycles. The quantitative estimate of drug-likeness (QED) is 0.810. The van der Waals surface area contributed by atoms with Crippen LogP contribution in [0.1, 0.15) is 12.5 Å². The minimum atomic E-state index is -0.709. The first-order chi connectivity index (χ1) is 8.91. The molecule has 0 bridgehead atoms. The molecule has 1 aliphatic rings. The first-order valence-corrected chi connectivity index (χ1v) is 5.91. The van der Waals surface area contributed by atoms with Gasteiger partial charge in [-0.1, -0.05) is 17.7 Å². The van der Waals surface area contributed by atoms with E-state index in [1.807, 2.05) is 19.1 Å². The number of imide groups is 1. The van der Waals surface area contributed by atoms with Gasteiger partial charge in [-0.25, -0.2) is 4.79 Å². The van der Waals surface area contributed by atoms with E-state index in [0.717, 1.165) is 10.5 Å². The van der Waals surface area contributed by atoms with E-state index in [-0.39, 0.29) is 6.54 Å². The van der Waals surface area contributed by atoms with Crippen molar-refractivity contribution in [3.05, 3.63) is 29.8 Å². The molecule has 1 aromatic rings. The van der Waals surface area contributed by atoms with Gasteiger partial charge in [-0.15, -0.1) is 0 Å². The van der Waals surface area contributed by atoms with Crippen LogP contribution in [0.15, 0.2) is 24.3 Å². The number of hydrogen-bond donors (Lipinski definition) is 1. The molecule has 2 rings (SSSR count). The number of urea groups is 1. The number of carbonyl (C=O) groups excluding carboxylic acids is 3. The molecule has 0 saturated carbocycles. The van der Waals surface area contributed by atoms with Crippen LogP contribution in [-0.4, -0.2) is 35.3 Å². The van der Waals surface area contributed by atoms with Crippen LogP contribution < -0.4 is 10.6 Å². The topological polar surface area (TPSA) is 83.7 Å². The van der Waals surface area contributed by atoms with Crippen LogP contribution in [0.25, 0.3) is 0 Å². The first-order valence-electron chi connectivity index (χ1n) is 5.91. The molecule has 0 aliphatic carbocycles. The van der Waals surface area contributed by atoms with E-state index in [9.17, 15) is 14.4 Å². The number of nitrogens with two attached hydrogens (primary N) is 1.